The van der Waals surface area contributed by atoms with Gasteiger partial charge in [0.05, 0.1) is 5.52 Å². The average Bonchev–Trinajstić information content (AvgIpc) is 2.55. The molecule has 0 atom stereocenters. The first-order valence-electron chi connectivity index (χ1n) is 7.51. The quantitative estimate of drug-likeness (QED) is 0.774. The number of para-hydroxylation sites is 1. The number of carbonyl (C=O) groups excluding carboxylic acids is 1. The van der Waals surface area contributed by atoms with E-state index in [9.17, 15) is 4.79 Å². The average molecular weight is 306 g/mol. The Labute approximate surface area is 134 Å². The Balaban J connectivity index is 1.81. The van der Waals surface area contributed by atoms with Crippen molar-refractivity contribution in [3.05, 3.63) is 60.4 Å². The number of nitrogens with one attached hydrogen (secondary N) is 2. The van der Waals surface area contributed by atoms with Crippen LogP contribution in [0.3, 0.4) is 0 Å². The summed E-state index contributed by atoms with van der Waals surface area (Å²) < 4.78 is 0. The molecule has 5 heteroatoms. The van der Waals surface area contributed by atoms with Gasteiger partial charge in [-0.25, -0.2) is 9.97 Å². The Hall–Kier alpha value is -2.95. The van der Waals surface area contributed by atoms with Crippen LogP contribution >= 0.6 is 0 Å². The van der Waals surface area contributed by atoms with Crippen molar-refractivity contribution in [2.45, 2.75) is 19.9 Å². The second kappa shape index (κ2) is 6.44. The van der Waals surface area contributed by atoms with Gasteiger partial charge in [0.1, 0.15) is 12.1 Å². The number of benzene rings is 2. The van der Waals surface area contributed by atoms with Gasteiger partial charge in [-0.2, -0.15) is 0 Å². The normalized spacial score (nSPS) is 10.7. The predicted molar refractivity (Wildman–Crippen MR) is 91.9 cm³/mol. The summed E-state index contributed by atoms with van der Waals surface area (Å²) in [5.74, 6) is 0.675. The molecular formula is C18H18N4O. The number of carbonyl (C=O) groups is 1. The standard InChI is InChI=1S/C18H18N4O/c1-12(2)21-18(23)13-7-9-14(10-8-13)22-17-15-5-3-4-6-16(15)19-11-20-17/h3-12H,1-2H3,(H,21,23)(H,19,20,22). The number of rotatable bonds is 4. The van der Waals surface area contributed by atoms with Gasteiger partial charge in [-0.3, -0.25) is 4.79 Å². The van der Waals surface area contributed by atoms with Gasteiger partial charge in [-0.1, -0.05) is 12.1 Å². The van der Waals surface area contributed by atoms with Crippen molar-refractivity contribution in [1.29, 1.82) is 0 Å². The van der Waals surface area contributed by atoms with Gasteiger partial charge in [0.25, 0.3) is 5.91 Å². The zero-order valence-corrected chi connectivity index (χ0v) is 13.1. The van der Waals surface area contributed by atoms with Crippen LogP contribution in [0, 0.1) is 0 Å². The molecule has 0 fully saturated rings. The van der Waals surface area contributed by atoms with Crippen LogP contribution in [0.25, 0.3) is 10.9 Å². The molecule has 0 aliphatic carbocycles. The van der Waals surface area contributed by atoms with Crippen molar-refractivity contribution in [1.82, 2.24) is 15.3 Å². The summed E-state index contributed by atoms with van der Waals surface area (Å²) >= 11 is 0. The van der Waals surface area contributed by atoms with Crippen molar-refractivity contribution in [2.24, 2.45) is 0 Å². The lowest BCUT2D eigenvalue weighted by molar-refractivity contribution is 0.0943. The fourth-order valence-electron chi connectivity index (χ4n) is 2.29. The fraction of sp³-hybridized carbons (Fsp3) is 0.167. The van der Waals surface area contributed by atoms with E-state index in [0.29, 0.717) is 5.56 Å². The number of anilines is 2. The lowest BCUT2D eigenvalue weighted by Crippen LogP contribution is -2.29. The van der Waals surface area contributed by atoms with Crippen molar-refractivity contribution in [3.8, 4) is 0 Å². The lowest BCUT2D eigenvalue weighted by Gasteiger charge is -2.10. The monoisotopic (exact) mass is 306 g/mol. The predicted octanol–water partition coefficient (Wildman–Crippen LogP) is 3.51. The van der Waals surface area contributed by atoms with E-state index in [2.05, 4.69) is 20.6 Å². The maximum absolute atomic E-state index is 11.9. The Morgan fingerprint density at radius 1 is 1.00 bits per heavy atom. The molecular weight excluding hydrogens is 288 g/mol. The highest BCUT2D eigenvalue weighted by atomic mass is 16.1. The third-order valence-electron chi connectivity index (χ3n) is 3.37. The SMILES string of the molecule is CC(C)NC(=O)c1ccc(Nc2ncnc3ccccc23)cc1. The molecule has 3 rings (SSSR count). The molecule has 116 valence electrons. The minimum absolute atomic E-state index is 0.0703. The zero-order chi connectivity index (χ0) is 16.2. The number of nitrogens with zero attached hydrogens (tertiary/aromatic N) is 2. The fourth-order valence-corrected chi connectivity index (χ4v) is 2.29. The van der Waals surface area contributed by atoms with Crippen LogP contribution < -0.4 is 10.6 Å². The smallest absolute Gasteiger partial charge is 0.251 e. The molecule has 5 nitrogen and oxygen atoms in total. The van der Waals surface area contributed by atoms with Crippen LogP contribution in [-0.4, -0.2) is 21.9 Å². The number of hydrogen-bond acceptors (Lipinski definition) is 4. The largest absolute Gasteiger partial charge is 0.350 e. The summed E-state index contributed by atoms with van der Waals surface area (Å²) in [5.41, 5.74) is 2.39. The Morgan fingerprint density at radius 3 is 2.48 bits per heavy atom. The van der Waals surface area contributed by atoms with Gasteiger partial charge in [-0.15, -0.1) is 0 Å². The summed E-state index contributed by atoms with van der Waals surface area (Å²) in [6.45, 7) is 3.88. The number of aromatic nitrogens is 2. The molecule has 1 aromatic heterocycles. The minimum atomic E-state index is -0.0703. The first-order valence-corrected chi connectivity index (χ1v) is 7.51. The Morgan fingerprint density at radius 2 is 1.74 bits per heavy atom. The van der Waals surface area contributed by atoms with Crippen LogP contribution in [0.15, 0.2) is 54.9 Å². The molecule has 0 spiro atoms. The summed E-state index contributed by atoms with van der Waals surface area (Å²) in [4.78, 5) is 20.5. The third kappa shape index (κ3) is 3.45. The molecule has 0 bridgehead atoms. The van der Waals surface area contributed by atoms with E-state index in [1.165, 1.54) is 6.33 Å². The molecule has 2 aromatic carbocycles. The molecule has 1 amide bonds. The maximum Gasteiger partial charge on any atom is 0.251 e. The van der Waals surface area contributed by atoms with Crippen molar-refractivity contribution in [2.75, 3.05) is 5.32 Å². The molecule has 0 aliphatic heterocycles. The van der Waals surface area contributed by atoms with Gasteiger partial charge in [0.2, 0.25) is 0 Å². The van der Waals surface area contributed by atoms with Gasteiger partial charge in [0, 0.05) is 22.7 Å². The van der Waals surface area contributed by atoms with E-state index in [0.717, 1.165) is 22.4 Å². The van der Waals surface area contributed by atoms with E-state index in [4.69, 9.17) is 0 Å². The molecule has 0 aliphatic rings. The van der Waals surface area contributed by atoms with Gasteiger partial charge < -0.3 is 10.6 Å². The molecule has 0 saturated heterocycles. The second-order valence-electron chi connectivity index (χ2n) is 5.57. The molecule has 0 saturated carbocycles. The highest BCUT2D eigenvalue weighted by Gasteiger charge is 2.07. The highest BCUT2D eigenvalue weighted by molar-refractivity contribution is 5.95. The maximum atomic E-state index is 11.9. The zero-order valence-electron chi connectivity index (χ0n) is 13.1. The first-order chi connectivity index (χ1) is 11.1. The lowest BCUT2D eigenvalue weighted by atomic mass is 10.1. The van der Waals surface area contributed by atoms with Crippen LogP contribution in [0.5, 0.6) is 0 Å². The number of amides is 1. The summed E-state index contributed by atoms with van der Waals surface area (Å²) in [5, 5.41) is 7.10. The first kappa shape index (κ1) is 15.0. The number of hydrogen-bond donors (Lipinski definition) is 2. The molecule has 1 heterocycles. The van der Waals surface area contributed by atoms with Crippen LogP contribution in [0.4, 0.5) is 11.5 Å². The summed E-state index contributed by atoms with van der Waals surface area (Å²) in [7, 11) is 0. The molecule has 2 N–H and O–H groups in total. The van der Waals surface area contributed by atoms with Crippen LogP contribution in [-0.2, 0) is 0 Å². The molecule has 3 aromatic rings. The highest BCUT2D eigenvalue weighted by Crippen LogP contribution is 2.22. The molecule has 0 unspecified atom stereocenters. The second-order valence-corrected chi connectivity index (χ2v) is 5.57. The van der Waals surface area contributed by atoms with E-state index in [1.807, 2.05) is 50.2 Å². The summed E-state index contributed by atoms with van der Waals surface area (Å²) in [6, 6.07) is 15.3. The summed E-state index contributed by atoms with van der Waals surface area (Å²) in [6.07, 6.45) is 1.54. The van der Waals surface area contributed by atoms with Gasteiger partial charge in [0.15, 0.2) is 0 Å². The van der Waals surface area contributed by atoms with E-state index in [-0.39, 0.29) is 11.9 Å². The molecule has 23 heavy (non-hydrogen) atoms. The van der Waals surface area contributed by atoms with Crippen molar-refractivity contribution in [3.63, 3.8) is 0 Å². The van der Waals surface area contributed by atoms with E-state index in [1.54, 1.807) is 12.1 Å². The van der Waals surface area contributed by atoms with Crippen molar-refractivity contribution < 1.29 is 4.79 Å². The molecule has 0 radical (unpaired) electrons. The van der Waals surface area contributed by atoms with Crippen LogP contribution in [0.2, 0.25) is 0 Å². The van der Waals surface area contributed by atoms with E-state index < -0.39 is 0 Å². The van der Waals surface area contributed by atoms with Crippen LogP contribution in [0.1, 0.15) is 24.2 Å². The Bertz CT molecular complexity index is 823. The van der Waals surface area contributed by atoms with Gasteiger partial charge in [-0.05, 0) is 50.2 Å². The third-order valence-corrected chi connectivity index (χ3v) is 3.37. The van der Waals surface area contributed by atoms with Crippen molar-refractivity contribution >= 4 is 28.3 Å². The topological polar surface area (TPSA) is 66.9 Å². The minimum Gasteiger partial charge on any atom is -0.350 e. The number of fused-ring (bicyclic) bond motifs is 1. The van der Waals surface area contributed by atoms with Gasteiger partial charge >= 0.3 is 0 Å². The van der Waals surface area contributed by atoms with E-state index >= 15 is 0 Å². The Kier molecular flexibility index (Phi) is 4.19.